The smallest absolute Gasteiger partial charge is 0.481 e. The molecule has 8 heteroatoms. The van der Waals surface area contributed by atoms with E-state index in [2.05, 4.69) is 0 Å². The van der Waals surface area contributed by atoms with Crippen LogP contribution in [0.2, 0.25) is 6.04 Å². The van der Waals surface area contributed by atoms with E-state index < -0.39 is 26.7 Å². The minimum absolute atomic E-state index is 0.315. The lowest BCUT2D eigenvalue weighted by molar-refractivity contribution is -0.148. The molecular weight excluding hydrogens is 332 g/mol. The zero-order valence-corrected chi connectivity index (χ0v) is 16.1. The molecule has 0 radical (unpaired) electrons. The Labute approximate surface area is 145 Å². The van der Waals surface area contributed by atoms with Crippen molar-refractivity contribution < 1.29 is 33.1 Å². The van der Waals surface area contributed by atoms with Crippen molar-refractivity contribution in [2.45, 2.75) is 65.3 Å². The summed E-state index contributed by atoms with van der Waals surface area (Å²) in [7, 11) is -2.59. The topological polar surface area (TPSA) is 102 Å². The number of hydrogen-bond donors (Lipinski definition) is 2. The Morgan fingerprint density at radius 3 is 1.79 bits per heavy atom. The Morgan fingerprint density at radius 1 is 0.875 bits per heavy atom. The van der Waals surface area contributed by atoms with E-state index in [0.29, 0.717) is 32.7 Å². The van der Waals surface area contributed by atoms with Gasteiger partial charge in [-0.3, -0.25) is 9.59 Å². The molecule has 0 saturated carbocycles. The molecule has 0 bridgehead atoms. The van der Waals surface area contributed by atoms with Crippen molar-refractivity contribution in [1.29, 1.82) is 0 Å². The third-order valence-electron chi connectivity index (χ3n) is 3.65. The molecule has 142 valence electrons. The summed E-state index contributed by atoms with van der Waals surface area (Å²) < 4.78 is 17.3. The number of aliphatic carboxylic acids is 2. The van der Waals surface area contributed by atoms with Crippen LogP contribution in [0.5, 0.6) is 0 Å². The van der Waals surface area contributed by atoms with E-state index in [4.69, 9.17) is 23.5 Å². The molecule has 0 aliphatic carbocycles. The molecule has 0 rings (SSSR count). The highest BCUT2D eigenvalue weighted by molar-refractivity contribution is 6.60. The Bertz CT molecular complexity index is 345. The van der Waals surface area contributed by atoms with Crippen LogP contribution in [-0.4, -0.2) is 50.8 Å². The first-order chi connectivity index (χ1) is 11.4. The molecule has 2 N–H and O–H groups in total. The van der Waals surface area contributed by atoms with Crippen molar-refractivity contribution in [3.63, 3.8) is 0 Å². The molecule has 7 nitrogen and oxygen atoms in total. The molecule has 24 heavy (non-hydrogen) atoms. The molecule has 0 spiro atoms. The van der Waals surface area contributed by atoms with E-state index in [1.807, 2.05) is 20.8 Å². The quantitative estimate of drug-likeness (QED) is 0.320. The van der Waals surface area contributed by atoms with Gasteiger partial charge in [-0.25, -0.2) is 0 Å². The summed E-state index contributed by atoms with van der Waals surface area (Å²) in [5.74, 6) is -2.90. The standard InChI is InChI=1S/C16H32O7Si/c1-4-21-24(22-5-2,23-6-3)12-10-8-7-9-11-14(16(19)20)13-15(17)18/h14H,4-13H2,1-3H3,(H,17,18)(H,19,20). The Hall–Kier alpha value is -0.963. The van der Waals surface area contributed by atoms with E-state index in [1.54, 1.807) is 0 Å². The molecule has 0 aliphatic heterocycles. The monoisotopic (exact) mass is 364 g/mol. The molecule has 0 amide bonds. The van der Waals surface area contributed by atoms with Crippen molar-refractivity contribution in [3.05, 3.63) is 0 Å². The van der Waals surface area contributed by atoms with Crippen molar-refractivity contribution in [2.24, 2.45) is 5.92 Å². The summed E-state index contributed by atoms with van der Waals surface area (Å²) >= 11 is 0. The summed E-state index contributed by atoms with van der Waals surface area (Å²) in [5.41, 5.74) is 0. The molecule has 0 heterocycles. The first-order valence-electron chi connectivity index (χ1n) is 8.77. The summed E-state index contributed by atoms with van der Waals surface area (Å²) in [6, 6.07) is 0.750. The van der Waals surface area contributed by atoms with E-state index in [1.165, 1.54) is 0 Å². The minimum Gasteiger partial charge on any atom is -0.481 e. The average Bonchev–Trinajstić information content (AvgIpc) is 2.49. The van der Waals surface area contributed by atoms with Gasteiger partial charge in [0, 0.05) is 25.9 Å². The van der Waals surface area contributed by atoms with Gasteiger partial charge in [-0.1, -0.05) is 19.3 Å². The van der Waals surface area contributed by atoms with Crippen LogP contribution in [0.3, 0.4) is 0 Å². The van der Waals surface area contributed by atoms with Crippen molar-refractivity contribution in [1.82, 2.24) is 0 Å². The highest BCUT2D eigenvalue weighted by atomic mass is 28.4. The zero-order valence-electron chi connectivity index (χ0n) is 15.1. The molecule has 1 unspecified atom stereocenters. The fourth-order valence-corrected chi connectivity index (χ4v) is 5.30. The molecule has 0 aromatic rings. The van der Waals surface area contributed by atoms with E-state index >= 15 is 0 Å². The van der Waals surface area contributed by atoms with Gasteiger partial charge in [-0.2, -0.15) is 0 Å². The molecule has 0 aromatic heterocycles. The summed E-state index contributed by atoms with van der Waals surface area (Å²) in [5, 5.41) is 17.7. The third kappa shape index (κ3) is 10.0. The van der Waals surface area contributed by atoms with Crippen molar-refractivity contribution >= 4 is 20.7 Å². The van der Waals surface area contributed by atoms with Gasteiger partial charge in [0.05, 0.1) is 12.3 Å². The van der Waals surface area contributed by atoms with Gasteiger partial charge < -0.3 is 23.5 Å². The van der Waals surface area contributed by atoms with E-state index in [0.717, 1.165) is 25.3 Å². The van der Waals surface area contributed by atoms with Crippen LogP contribution in [0.25, 0.3) is 0 Å². The molecule has 1 atom stereocenters. The molecular formula is C16H32O7Si. The first-order valence-corrected chi connectivity index (χ1v) is 10.7. The lowest BCUT2D eigenvalue weighted by Crippen LogP contribution is -2.45. The van der Waals surface area contributed by atoms with Gasteiger partial charge in [-0.15, -0.1) is 0 Å². The molecule has 0 saturated heterocycles. The van der Waals surface area contributed by atoms with Crippen LogP contribution >= 0.6 is 0 Å². The van der Waals surface area contributed by atoms with Crippen molar-refractivity contribution in [3.8, 4) is 0 Å². The van der Waals surface area contributed by atoms with Gasteiger partial charge >= 0.3 is 20.7 Å². The van der Waals surface area contributed by atoms with Gasteiger partial charge in [0.25, 0.3) is 0 Å². The molecule has 0 fully saturated rings. The summed E-state index contributed by atoms with van der Waals surface area (Å²) in [4.78, 5) is 21.6. The number of carbonyl (C=O) groups is 2. The van der Waals surface area contributed by atoms with Crippen LogP contribution in [-0.2, 0) is 22.9 Å². The maximum atomic E-state index is 11.0. The maximum absolute atomic E-state index is 11.0. The van der Waals surface area contributed by atoms with Gasteiger partial charge in [0.1, 0.15) is 0 Å². The Kier molecular flexibility index (Phi) is 12.8. The fraction of sp³-hybridized carbons (Fsp3) is 0.875. The summed E-state index contributed by atoms with van der Waals surface area (Å²) in [6.45, 7) is 7.45. The lowest BCUT2D eigenvalue weighted by Gasteiger charge is -2.28. The van der Waals surface area contributed by atoms with Gasteiger partial charge in [-0.05, 0) is 33.6 Å². The SMILES string of the molecule is CCO[Si](CCCCCCC(CC(=O)O)C(=O)O)(OCC)OCC. The van der Waals surface area contributed by atoms with Crippen LogP contribution in [0.4, 0.5) is 0 Å². The van der Waals surface area contributed by atoms with Crippen LogP contribution in [0, 0.1) is 5.92 Å². The lowest BCUT2D eigenvalue weighted by atomic mass is 9.98. The van der Waals surface area contributed by atoms with Gasteiger partial charge in [0.15, 0.2) is 0 Å². The number of carboxylic acids is 2. The number of carboxylic acid groups (broad SMARTS) is 2. The van der Waals surface area contributed by atoms with Crippen LogP contribution in [0.1, 0.15) is 59.3 Å². The van der Waals surface area contributed by atoms with E-state index in [-0.39, 0.29) is 6.42 Å². The first kappa shape index (κ1) is 23.0. The zero-order chi connectivity index (χ0) is 18.4. The average molecular weight is 365 g/mol. The van der Waals surface area contributed by atoms with Gasteiger partial charge in [0.2, 0.25) is 0 Å². The largest absolute Gasteiger partial charge is 0.500 e. The third-order valence-corrected chi connectivity index (χ3v) is 6.80. The molecule has 0 aromatic carbocycles. The van der Waals surface area contributed by atoms with Crippen LogP contribution < -0.4 is 0 Å². The predicted molar refractivity (Wildman–Crippen MR) is 91.9 cm³/mol. The Morgan fingerprint density at radius 2 is 1.38 bits per heavy atom. The summed E-state index contributed by atoms with van der Waals surface area (Å²) in [6.07, 6.45) is 3.45. The maximum Gasteiger partial charge on any atom is 0.500 e. The number of unbranched alkanes of at least 4 members (excludes halogenated alkanes) is 3. The second-order valence-corrected chi connectivity index (χ2v) is 8.30. The van der Waals surface area contributed by atoms with E-state index in [9.17, 15) is 9.59 Å². The molecule has 0 aliphatic rings. The van der Waals surface area contributed by atoms with Crippen LogP contribution in [0.15, 0.2) is 0 Å². The highest BCUT2D eigenvalue weighted by Gasteiger charge is 2.39. The minimum atomic E-state index is -2.59. The Balaban J connectivity index is 4.15. The number of hydrogen-bond acceptors (Lipinski definition) is 5. The van der Waals surface area contributed by atoms with Crippen molar-refractivity contribution in [2.75, 3.05) is 19.8 Å². The second kappa shape index (κ2) is 13.3. The normalized spacial score (nSPS) is 13.0. The fourth-order valence-electron chi connectivity index (χ4n) is 2.61. The number of rotatable bonds is 16. The predicted octanol–water partition coefficient (Wildman–Crippen LogP) is 3.16. The highest BCUT2D eigenvalue weighted by Crippen LogP contribution is 2.21. The second-order valence-electron chi connectivity index (χ2n) is 5.57.